The summed E-state index contributed by atoms with van der Waals surface area (Å²) in [7, 11) is 0.255. The normalized spacial score (nSPS) is 18.8. The van der Waals surface area contributed by atoms with Crippen LogP contribution in [0.3, 0.4) is 0 Å². The first-order valence-corrected chi connectivity index (χ1v) is 16.6. The number of thiophene rings is 1. The molecule has 2 aliphatic heterocycles. The molecule has 1 N–H and O–H groups in total. The van der Waals surface area contributed by atoms with Gasteiger partial charge >= 0.3 is 0 Å². The lowest BCUT2D eigenvalue weighted by Crippen LogP contribution is -2.54. The van der Waals surface area contributed by atoms with E-state index >= 15 is 0 Å². The molecule has 1 amide bonds. The number of amides is 1. The van der Waals surface area contributed by atoms with Crippen LogP contribution in [-0.4, -0.2) is 97.5 Å². The second-order valence-electron chi connectivity index (χ2n) is 10.1. The van der Waals surface area contributed by atoms with Crippen molar-refractivity contribution in [1.29, 1.82) is 0 Å². The summed E-state index contributed by atoms with van der Waals surface area (Å²) < 4.78 is 29.4. The quantitative estimate of drug-likeness (QED) is 0.291. The van der Waals surface area contributed by atoms with E-state index in [4.69, 9.17) is 16.6 Å². The van der Waals surface area contributed by atoms with Crippen molar-refractivity contribution in [1.82, 2.24) is 29.4 Å². The molecule has 1 atom stereocenters. The van der Waals surface area contributed by atoms with Gasteiger partial charge in [-0.1, -0.05) is 29.4 Å². The Morgan fingerprint density at radius 3 is 2.74 bits per heavy atom. The van der Waals surface area contributed by atoms with Crippen molar-refractivity contribution in [3.8, 4) is 0 Å². The third kappa shape index (κ3) is 6.58. The zero-order chi connectivity index (χ0) is 27.6. The molecule has 5 rings (SSSR count). The molecule has 2 fully saturated rings. The second kappa shape index (κ2) is 12.4. The summed E-state index contributed by atoms with van der Waals surface area (Å²) in [6.45, 7) is 3.05. The highest BCUT2D eigenvalue weighted by Gasteiger charge is 2.40. The Kier molecular flexibility index (Phi) is 9.11. The van der Waals surface area contributed by atoms with E-state index in [0.717, 1.165) is 54.0 Å². The number of carbonyl (C=O) groups excluding carboxylic acids is 1. The van der Waals surface area contributed by atoms with Crippen molar-refractivity contribution < 1.29 is 13.2 Å². The monoisotopic (exact) mass is 608 g/mol. The van der Waals surface area contributed by atoms with Gasteiger partial charge in [0, 0.05) is 41.3 Å². The molecule has 39 heavy (non-hydrogen) atoms. The summed E-state index contributed by atoms with van der Waals surface area (Å²) in [6, 6.07) is 8.68. The van der Waals surface area contributed by atoms with E-state index < -0.39 is 10.0 Å². The fourth-order valence-electron chi connectivity index (χ4n) is 5.12. The molecular weight excluding hydrogens is 576 g/mol. The smallest absolute Gasteiger partial charge is 0.253 e. The average Bonchev–Trinajstić information content (AvgIpc) is 3.35. The molecule has 1 unspecified atom stereocenters. The van der Waals surface area contributed by atoms with Gasteiger partial charge in [-0.05, 0) is 75.6 Å². The Labute approximate surface area is 243 Å². The molecule has 3 aromatic rings. The number of benzene rings is 1. The van der Waals surface area contributed by atoms with Crippen LogP contribution >= 0.6 is 34.7 Å². The summed E-state index contributed by atoms with van der Waals surface area (Å²) >= 11 is 8.88. The van der Waals surface area contributed by atoms with Crippen LogP contribution in [0.4, 0.5) is 0 Å². The molecule has 0 bridgehead atoms. The molecule has 2 aromatic heterocycles. The number of halogens is 1. The highest BCUT2D eigenvalue weighted by atomic mass is 35.5. The number of hydrogen-bond donors (Lipinski definition) is 1. The molecule has 0 saturated carbocycles. The largest absolute Gasteiger partial charge is 0.331 e. The number of sulfonamides is 1. The number of fused-ring (bicyclic) bond motifs is 1. The molecule has 2 aliphatic rings. The SMILES string of the molecule is CN(C)CCSc1nccc(C(C2CCNCC2)N2CCN(S(=O)(=O)c3cc4ccc(Cl)cc4s3)CC2=O)n1. The molecule has 4 heterocycles. The van der Waals surface area contributed by atoms with Gasteiger partial charge in [0.1, 0.15) is 4.21 Å². The summed E-state index contributed by atoms with van der Waals surface area (Å²) in [5.41, 5.74) is 0.829. The van der Waals surface area contributed by atoms with E-state index in [-0.39, 0.29) is 35.2 Å². The highest BCUT2D eigenvalue weighted by Crippen LogP contribution is 2.37. The molecule has 2 saturated heterocycles. The first-order chi connectivity index (χ1) is 18.7. The number of hydrogen-bond acceptors (Lipinski definition) is 9. The lowest BCUT2D eigenvalue weighted by molar-refractivity contribution is -0.138. The van der Waals surface area contributed by atoms with Crippen LogP contribution in [0.15, 0.2) is 45.9 Å². The number of piperidine rings is 1. The van der Waals surface area contributed by atoms with Crippen LogP contribution in [0.2, 0.25) is 5.02 Å². The molecule has 1 aromatic carbocycles. The minimum absolute atomic E-state index is 0.186. The van der Waals surface area contributed by atoms with Gasteiger partial charge < -0.3 is 15.1 Å². The van der Waals surface area contributed by atoms with Crippen LogP contribution in [0.5, 0.6) is 0 Å². The summed E-state index contributed by atoms with van der Waals surface area (Å²) in [6.07, 6.45) is 3.62. The van der Waals surface area contributed by atoms with E-state index in [9.17, 15) is 13.2 Å². The Morgan fingerprint density at radius 1 is 1.21 bits per heavy atom. The summed E-state index contributed by atoms with van der Waals surface area (Å²) in [5.74, 6) is 0.909. The number of thioether (sulfide) groups is 1. The number of nitrogens with zero attached hydrogens (tertiary/aromatic N) is 5. The van der Waals surface area contributed by atoms with Gasteiger partial charge in [-0.15, -0.1) is 11.3 Å². The average molecular weight is 609 g/mol. The summed E-state index contributed by atoms with van der Waals surface area (Å²) in [4.78, 5) is 26.9. The first-order valence-electron chi connectivity index (χ1n) is 13.0. The lowest BCUT2D eigenvalue weighted by atomic mass is 9.86. The predicted octanol–water partition coefficient (Wildman–Crippen LogP) is 3.57. The van der Waals surface area contributed by atoms with Crippen molar-refractivity contribution >= 4 is 60.7 Å². The fraction of sp³-hybridized carbons (Fsp3) is 0.500. The zero-order valence-electron chi connectivity index (χ0n) is 22.0. The fourth-order valence-corrected chi connectivity index (χ4v) is 9.28. The standard InChI is InChI=1S/C26H33ClN6O3S3/c1-31(2)13-14-37-26-29-10-7-21(30-26)25(18-5-8-28-9-6-18)33-12-11-32(17-23(33)34)39(35,36)24-15-19-3-4-20(27)16-22(19)38-24/h3-4,7,10,15-16,18,25,28H,5-6,8-9,11-14,17H2,1-2H3. The predicted molar refractivity (Wildman–Crippen MR) is 157 cm³/mol. The van der Waals surface area contributed by atoms with Crippen molar-refractivity contribution in [3.05, 3.63) is 47.2 Å². The molecule has 0 radical (unpaired) electrons. The topological polar surface area (TPSA) is 98.7 Å². The van der Waals surface area contributed by atoms with Gasteiger partial charge in [-0.2, -0.15) is 4.31 Å². The van der Waals surface area contributed by atoms with Gasteiger partial charge in [0.15, 0.2) is 5.16 Å². The third-order valence-corrected chi connectivity index (χ3v) is 11.6. The van der Waals surface area contributed by atoms with Crippen LogP contribution in [-0.2, 0) is 14.8 Å². The zero-order valence-corrected chi connectivity index (χ0v) is 25.3. The Bertz CT molecular complexity index is 1430. The van der Waals surface area contributed by atoms with E-state index in [1.165, 1.54) is 15.6 Å². The Hall–Kier alpha value is -1.80. The minimum Gasteiger partial charge on any atom is -0.331 e. The highest BCUT2D eigenvalue weighted by molar-refractivity contribution is 7.99. The van der Waals surface area contributed by atoms with Gasteiger partial charge in [0.05, 0.1) is 18.3 Å². The summed E-state index contributed by atoms with van der Waals surface area (Å²) in [5, 5.41) is 5.49. The Morgan fingerprint density at radius 2 is 2.00 bits per heavy atom. The number of aromatic nitrogens is 2. The molecule has 0 aliphatic carbocycles. The van der Waals surface area contributed by atoms with Crippen LogP contribution in [0.1, 0.15) is 24.6 Å². The van der Waals surface area contributed by atoms with E-state index in [1.54, 1.807) is 36.2 Å². The maximum atomic E-state index is 13.6. The number of nitrogens with one attached hydrogen (secondary N) is 1. The maximum absolute atomic E-state index is 13.6. The van der Waals surface area contributed by atoms with E-state index in [2.05, 4.69) is 15.2 Å². The Balaban J connectivity index is 1.36. The van der Waals surface area contributed by atoms with E-state index in [1.807, 2.05) is 31.1 Å². The molecule has 210 valence electrons. The van der Waals surface area contributed by atoms with Gasteiger partial charge in [-0.25, -0.2) is 18.4 Å². The number of rotatable bonds is 9. The minimum atomic E-state index is -3.81. The first kappa shape index (κ1) is 28.7. The third-order valence-electron chi connectivity index (χ3n) is 7.17. The molecule has 0 spiro atoms. The van der Waals surface area contributed by atoms with Gasteiger partial charge in [0.2, 0.25) is 5.91 Å². The van der Waals surface area contributed by atoms with E-state index in [0.29, 0.717) is 16.7 Å². The molecule has 9 nitrogen and oxygen atoms in total. The van der Waals surface area contributed by atoms with Crippen molar-refractivity contribution in [3.63, 3.8) is 0 Å². The number of carbonyl (C=O) groups is 1. The second-order valence-corrected chi connectivity index (χ2v) is 14.9. The number of piperazine rings is 1. The van der Waals surface area contributed by atoms with Gasteiger partial charge in [0.25, 0.3) is 10.0 Å². The molecular formula is C26H33ClN6O3S3. The van der Waals surface area contributed by atoms with Crippen LogP contribution in [0, 0.1) is 5.92 Å². The molecule has 13 heteroatoms. The van der Waals surface area contributed by atoms with Crippen molar-refractivity contribution in [2.75, 3.05) is 59.1 Å². The van der Waals surface area contributed by atoms with Crippen molar-refractivity contribution in [2.45, 2.75) is 28.2 Å². The van der Waals surface area contributed by atoms with Crippen molar-refractivity contribution in [2.24, 2.45) is 5.92 Å². The lowest BCUT2D eigenvalue weighted by Gasteiger charge is -2.42. The van der Waals surface area contributed by atoms with Crippen LogP contribution < -0.4 is 5.32 Å². The van der Waals surface area contributed by atoms with Crippen LogP contribution in [0.25, 0.3) is 10.1 Å². The maximum Gasteiger partial charge on any atom is 0.253 e. The van der Waals surface area contributed by atoms with Gasteiger partial charge in [-0.3, -0.25) is 4.79 Å².